The normalized spacial score (nSPS) is 28.9. The second-order valence-corrected chi connectivity index (χ2v) is 12.2. The monoisotopic (exact) mass is 541 g/mol. The first-order valence-corrected chi connectivity index (χ1v) is 12.9. The molecule has 4 atom stereocenters. The summed E-state index contributed by atoms with van der Waals surface area (Å²) in [5, 5.41) is 45.6. The Morgan fingerprint density at radius 2 is 1.72 bits per heavy atom. The average molecular weight is 542 g/mol. The third-order valence-electron chi connectivity index (χ3n) is 8.90. The molecule has 1 aromatic rings. The number of amides is 1. The number of nitrogens with two attached hydrogens (primary N) is 1. The minimum absolute atomic E-state index is 0.0286. The molecule has 210 valence electrons. The molecule has 0 bridgehead atoms. The molecule has 0 spiro atoms. The van der Waals surface area contributed by atoms with Crippen molar-refractivity contribution >= 4 is 23.2 Å². The average Bonchev–Trinajstić information content (AvgIpc) is 3.27. The lowest BCUT2D eigenvalue weighted by Gasteiger charge is -2.50. The van der Waals surface area contributed by atoms with E-state index in [4.69, 9.17) is 10.5 Å². The number of hydrogen-bond acceptors (Lipinski definition) is 10. The van der Waals surface area contributed by atoms with Gasteiger partial charge in [-0.3, -0.25) is 24.2 Å². The molecule has 0 saturated heterocycles. The molecule has 4 aliphatic rings. The highest BCUT2D eigenvalue weighted by Gasteiger charge is 2.64. The van der Waals surface area contributed by atoms with E-state index in [1.54, 1.807) is 14.1 Å². The highest BCUT2D eigenvalue weighted by atomic mass is 16.5. The van der Waals surface area contributed by atoms with Crippen LogP contribution < -0.4 is 10.5 Å². The Kier molecular flexibility index (Phi) is 5.95. The number of aliphatic hydroxyl groups is 3. The van der Waals surface area contributed by atoms with Crippen LogP contribution in [0.5, 0.6) is 11.5 Å². The van der Waals surface area contributed by atoms with Gasteiger partial charge in [-0.25, -0.2) is 0 Å². The van der Waals surface area contributed by atoms with Gasteiger partial charge in [0, 0.05) is 46.8 Å². The number of nitrogens with zero attached hydrogens (tertiary/aromatic N) is 2. The minimum Gasteiger partial charge on any atom is -0.508 e. The van der Waals surface area contributed by atoms with E-state index in [0.717, 1.165) is 5.56 Å². The third-order valence-corrected chi connectivity index (χ3v) is 8.90. The Bertz CT molecular complexity index is 1400. The Morgan fingerprint density at radius 3 is 2.26 bits per heavy atom. The van der Waals surface area contributed by atoms with Gasteiger partial charge in [0.25, 0.3) is 5.91 Å². The maximum Gasteiger partial charge on any atom is 0.255 e. The molecule has 0 radical (unpaired) electrons. The number of ketones is 2. The number of ether oxygens (including phenoxy) is 1. The van der Waals surface area contributed by atoms with Crippen LogP contribution in [-0.2, 0) is 33.9 Å². The molecule has 0 aromatic heterocycles. The summed E-state index contributed by atoms with van der Waals surface area (Å²) < 4.78 is 5.82. The number of carbonyl (C=O) groups is 3. The number of aliphatic hydroxyl groups excluding tert-OH is 2. The quantitative estimate of drug-likeness (QED) is 0.349. The van der Waals surface area contributed by atoms with Gasteiger partial charge in [0.05, 0.1) is 18.7 Å². The third kappa shape index (κ3) is 3.49. The second kappa shape index (κ2) is 8.54. The zero-order chi connectivity index (χ0) is 28.9. The lowest BCUT2D eigenvalue weighted by molar-refractivity contribution is -0.153. The van der Waals surface area contributed by atoms with Gasteiger partial charge >= 0.3 is 0 Å². The number of benzene rings is 1. The van der Waals surface area contributed by atoms with Gasteiger partial charge in [0.2, 0.25) is 5.78 Å². The van der Waals surface area contributed by atoms with Crippen molar-refractivity contribution in [1.29, 1.82) is 0 Å². The van der Waals surface area contributed by atoms with Crippen LogP contribution in [0.4, 0.5) is 0 Å². The summed E-state index contributed by atoms with van der Waals surface area (Å²) in [6.07, 6.45) is 0.217. The van der Waals surface area contributed by atoms with Gasteiger partial charge < -0.3 is 30.9 Å². The standard InChI is InChI=1S/C28H35N3O8/c1-27(2,3)31-9-13-14(10-31)23(39-6)12-7-11-8-15-19(30(4)5)22(34)18(26(29)37)25(36)28(15,38)24(35)16(11)21(33)17(12)20(13)32/h11,15,19,32-33,36,38H,7-10H2,1-6H3,(H2,29,37)/t11-,15-,19-,28-/m0/s1. The fourth-order valence-corrected chi connectivity index (χ4v) is 6.95. The summed E-state index contributed by atoms with van der Waals surface area (Å²) >= 11 is 0. The van der Waals surface area contributed by atoms with E-state index >= 15 is 0 Å². The number of rotatable bonds is 3. The van der Waals surface area contributed by atoms with Crippen LogP contribution in [0.2, 0.25) is 0 Å². The zero-order valence-corrected chi connectivity index (χ0v) is 23.0. The predicted molar refractivity (Wildman–Crippen MR) is 140 cm³/mol. The smallest absolute Gasteiger partial charge is 0.255 e. The SMILES string of the molecule is COc1c2c(c(O)c3c1C[C@H]1C[C@H]4[C@H](N(C)C)C(=O)C(C(N)=O)=C(O)[C@@]4(O)C(=O)C1=C3O)CN(C(C)(C)C)C2. The molecule has 1 amide bonds. The number of primary amides is 1. The van der Waals surface area contributed by atoms with Crippen LogP contribution in [0.25, 0.3) is 5.76 Å². The van der Waals surface area contributed by atoms with Gasteiger partial charge in [0.15, 0.2) is 11.4 Å². The molecule has 11 heteroatoms. The molecule has 39 heavy (non-hydrogen) atoms. The Balaban J connectivity index is 1.73. The van der Waals surface area contributed by atoms with Gasteiger partial charge in [-0.05, 0) is 53.6 Å². The first-order valence-electron chi connectivity index (χ1n) is 12.9. The summed E-state index contributed by atoms with van der Waals surface area (Å²) in [6.45, 7) is 7.09. The fraction of sp³-hybridized carbons (Fsp3) is 0.536. The number of aromatic hydroxyl groups is 1. The van der Waals surface area contributed by atoms with Gasteiger partial charge in [0.1, 0.15) is 28.6 Å². The Labute approximate surface area is 226 Å². The molecule has 1 heterocycles. The zero-order valence-electron chi connectivity index (χ0n) is 23.0. The largest absolute Gasteiger partial charge is 0.508 e. The molecule has 11 nitrogen and oxygen atoms in total. The summed E-state index contributed by atoms with van der Waals surface area (Å²) in [6, 6.07) is -1.13. The van der Waals surface area contributed by atoms with E-state index in [1.165, 1.54) is 12.0 Å². The number of phenols is 1. The summed E-state index contributed by atoms with van der Waals surface area (Å²) in [5.41, 5.74) is 3.47. The van der Waals surface area contributed by atoms with E-state index in [0.29, 0.717) is 30.0 Å². The summed E-state index contributed by atoms with van der Waals surface area (Å²) in [4.78, 5) is 43.0. The lowest BCUT2D eigenvalue weighted by Crippen LogP contribution is -2.65. The van der Waals surface area contributed by atoms with E-state index in [1.807, 2.05) is 0 Å². The highest BCUT2D eigenvalue weighted by molar-refractivity contribution is 6.24. The number of carbonyl (C=O) groups excluding carboxylic acids is 3. The van der Waals surface area contributed by atoms with Crippen LogP contribution in [0.3, 0.4) is 0 Å². The number of hydrogen-bond donors (Lipinski definition) is 5. The van der Waals surface area contributed by atoms with E-state index in [2.05, 4.69) is 25.7 Å². The van der Waals surface area contributed by atoms with Crippen LogP contribution in [0.1, 0.15) is 49.4 Å². The number of fused-ring (bicyclic) bond motifs is 4. The van der Waals surface area contributed by atoms with E-state index in [-0.39, 0.29) is 35.3 Å². The number of methoxy groups -OCH3 is 1. The van der Waals surface area contributed by atoms with Gasteiger partial charge in [-0.2, -0.15) is 0 Å². The number of phenolic OH excluding ortho intramolecular Hbond substituents is 1. The molecular weight excluding hydrogens is 506 g/mol. The van der Waals surface area contributed by atoms with Crippen molar-refractivity contribution < 1.29 is 39.5 Å². The number of Topliss-reactive ketones (excluding diaryl/α,β-unsaturated/α-hetero) is 2. The molecule has 1 saturated carbocycles. The van der Waals surface area contributed by atoms with Gasteiger partial charge in [-0.1, -0.05) is 0 Å². The molecule has 1 fully saturated rings. The minimum atomic E-state index is -2.66. The second-order valence-electron chi connectivity index (χ2n) is 12.2. The predicted octanol–water partition coefficient (Wildman–Crippen LogP) is 1.09. The highest BCUT2D eigenvalue weighted by Crippen LogP contribution is 2.55. The molecule has 1 aromatic carbocycles. The molecule has 5 rings (SSSR count). The first-order chi connectivity index (χ1) is 18.1. The van der Waals surface area contributed by atoms with Gasteiger partial charge in [-0.15, -0.1) is 0 Å². The van der Waals surface area contributed by atoms with Crippen molar-refractivity contribution in [3.8, 4) is 11.5 Å². The molecular formula is C28H35N3O8. The van der Waals surface area contributed by atoms with Crippen LogP contribution in [0.15, 0.2) is 16.9 Å². The maximum atomic E-state index is 14.0. The van der Waals surface area contributed by atoms with E-state index < -0.39 is 58.0 Å². The van der Waals surface area contributed by atoms with Crippen molar-refractivity contribution in [3.05, 3.63) is 39.2 Å². The molecule has 3 aliphatic carbocycles. The molecule has 1 aliphatic heterocycles. The molecule has 0 unspecified atom stereocenters. The Morgan fingerprint density at radius 1 is 1.10 bits per heavy atom. The van der Waals surface area contributed by atoms with E-state index in [9.17, 15) is 34.8 Å². The molecule has 6 N–H and O–H groups in total. The summed E-state index contributed by atoms with van der Waals surface area (Å²) in [7, 11) is 4.65. The van der Waals surface area contributed by atoms with Crippen molar-refractivity contribution in [2.24, 2.45) is 17.6 Å². The topological polar surface area (TPSA) is 174 Å². The maximum absolute atomic E-state index is 14.0. The van der Waals surface area contributed by atoms with Crippen LogP contribution in [-0.4, -0.2) is 86.1 Å². The number of likely N-dealkylation sites (N-methyl/N-ethyl adjacent to an activating group) is 1. The van der Waals surface area contributed by atoms with Crippen LogP contribution >= 0.6 is 0 Å². The van der Waals surface area contributed by atoms with Crippen molar-refractivity contribution in [1.82, 2.24) is 9.80 Å². The Hall–Kier alpha value is -3.41. The van der Waals surface area contributed by atoms with Crippen molar-refractivity contribution in [2.45, 2.75) is 63.9 Å². The first kappa shape index (κ1) is 27.2. The van der Waals surface area contributed by atoms with Crippen molar-refractivity contribution in [2.75, 3.05) is 21.2 Å². The van der Waals surface area contributed by atoms with Crippen molar-refractivity contribution in [3.63, 3.8) is 0 Å². The van der Waals surface area contributed by atoms with Crippen LogP contribution in [0, 0.1) is 11.8 Å². The summed E-state index contributed by atoms with van der Waals surface area (Å²) in [5.74, 6) is -6.12. The fourth-order valence-electron chi connectivity index (χ4n) is 6.95. The lowest BCUT2D eigenvalue weighted by atomic mass is 9.57.